The summed E-state index contributed by atoms with van der Waals surface area (Å²) < 4.78 is 10.2. The summed E-state index contributed by atoms with van der Waals surface area (Å²) in [7, 11) is 3.06. The van der Waals surface area contributed by atoms with Crippen molar-refractivity contribution in [1.29, 1.82) is 0 Å². The fraction of sp³-hybridized carbons (Fsp3) is 0.278. The van der Waals surface area contributed by atoms with Gasteiger partial charge in [0.05, 0.1) is 14.2 Å². The Labute approximate surface area is 145 Å². The molecule has 0 aliphatic heterocycles. The number of hydrogen-bond donors (Lipinski definition) is 2. The molecule has 0 spiro atoms. The van der Waals surface area contributed by atoms with E-state index in [0.717, 1.165) is 17.7 Å². The molecule has 1 heterocycles. The van der Waals surface area contributed by atoms with E-state index in [4.69, 9.17) is 9.47 Å². The zero-order valence-electron chi connectivity index (χ0n) is 14.0. The highest BCUT2D eigenvalue weighted by atomic mass is 16.5. The van der Waals surface area contributed by atoms with Crippen LogP contribution in [0.1, 0.15) is 17.9 Å². The van der Waals surface area contributed by atoms with Crippen LogP contribution in [0.2, 0.25) is 0 Å². The molecule has 1 aliphatic carbocycles. The van der Waals surface area contributed by atoms with Crippen LogP contribution in [-0.4, -0.2) is 37.1 Å². The quantitative estimate of drug-likeness (QED) is 0.808. The van der Waals surface area contributed by atoms with Gasteiger partial charge >= 0.3 is 11.8 Å². The van der Waals surface area contributed by atoms with Crippen LogP contribution in [0.25, 0.3) is 0 Å². The maximum Gasteiger partial charge on any atom is 0.313 e. The van der Waals surface area contributed by atoms with Crippen LogP contribution in [0.3, 0.4) is 0 Å². The standard InChI is InChI=1S/C18H19N3O4/c1-24-12-7-5-11(6-8-12)13-10-15(13)21-17(23)16(22)20-14-4-3-9-19-18(14)25-2/h3-9,13,15H,10H2,1-2H3,(H,20,22)(H,21,23)/t13-,15-/m0/s1. The van der Waals surface area contributed by atoms with Crippen molar-refractivity contribution in [3.63, 3.8) is 0 Å². The van der Waals surface area contributed by atoms with Gasteiger partial charge in [-0.1, -0.05) is 12.1 Å². The van der Waals surface area contributed by atoms with Crippen LogP contribution >= 0.6 is 0 Å². The summed E-state index contributed by atoms with van der Waals surface area (Å²) in [6.45, 7) is 0. The molecule has 0 unspecified atom stereocenters. The van der Waals surface area contributed by atoms with Gasteiger partial charge in [0.25, 0.3) is 0 Å². The lowest BCUT2D eigenvalue weighted by Crippen LogP contribution is -2.37. The molecule has 0 saturated heterocycles. The van der Waals surface area contributed by atoms with E-state index in [1.807, 2.05) is 24.3 Å². The van der Waals surface area contributed by atoms with Gasteiger partial charge in [-0.2, -0.15) is 0 Å². The van der Waals surface area contributed by atoms with E-state index in [1.165, 1.54) is 13.3 Å². The molecule has 2 aromatic rings. The van der Waals surface area contributed by atoms with Crippen LogP contribution in [0.4, 0.5) is 5.69 Å². The molecule has 1 aromatic carbocycles. The molecule has 7 nitrogen and oxygen atoms in total. The molecule has 0 radical (unpaired) electrons. The molecule has 25 heavy (non-hydrogen) atoms. The lowest BCUT2D eigenvalue weighted by molar-refractivity contribution is -0.136. The van der Waals surface area contributed by atoms with Gasteiger partial charge in [-0.25, -0.2) is 4.98 Å². The number of carbonyl (C=O) groups is 2. The van der Waals surface area contributed by atoms with Crippen molar-refractivity contribution in [2.45, 2.75) is 18.4 Å². The topological polar surface area (TPSA) is 89.5 Å². The Kier molecular flexibility index (Phi) is 4.83. The number of ether oxygens (including phenoxy) is 2. The number of carbonyl (C=O) groups excluding carboxylic acids is 2. The van der Waals surface area contributed by atoms with Crippen LogP contribution in [-0.2, 0) is 9.59 Å². The first-order valence-corrected chi connectivity index (χ1v) is 7.87. The highest BCUT2D eigenvalue weighted by molar-refractivity contribution is 6.39. The predicted octanol–water partition coefficient (Wildman–Crippen LogP) is 1.71. The molecule has 1 saturated carbocycles. The molecule has 3 rings (SSSR count). The maximum absolute atomic E-state index is 12.1. The van der Waals surface area contributed by atoms with Crippen molar-refractivity contribution in [3.05, 3.63) is 48.2 Å². The number of pyridine rings is 1. The Hall–Kier alpha value is -3.09. The third-order valence-electron chi connectivity index (χ3n) is 4.07. The Bertz CT molecular complexity index is 776. The number of nitrogens with one attached hydrogen (secondary N) is 2. The first kappa shape index (κ1) is 16.8. The molecular formula is C18H19N3O4. The third-order valence-corrected chi connectivity index (χ3v) is 4.07. The normalized spacial score (nSPS) is 18.2. The fourth-order valence-corrected chi connectivity index (χ4v) is 2.64. The second kappa shape index (κ2) is 7.21. The van der Waals surface area contributed by atoms with Gasteiger partial charge in [0.15, 0.2) is 0 Å². The molecule has 2 atom stereocenters. The fourth-order valence-electron chi connectivity index (χ4n) is 2.64. The molecule has 2 amide bonds. The number of hydrogen-bond acceptors (Lipinski definition) is 5. The summed E-state index contributed by atoms with van der Waals surface area (Å²) in [6.07, 6.45) is 2.35. The SMILES string of the molecule is COc1ccc([C@@H]2C[C@@H]2NC(=O)C(=O)Nc2cccnc2OC)cc1. The number of rotatable bonds is 5. The molecule has 0 bridgehead atoms. The van der Waals surface area contributed by atoms with Crippen LogP contribution in [0, 0.1) is 0 Å². The second-order valence-corrected chi connectivity index (χ2v) is 5.71. The highest BCUT2D eigenvalue weighted by Crippen LogP contribution is 2.41. The number of anilines is 1. The smallest absolute Gasteiger partial charge is 0.313 e. The van der Waals surface area contributed by atoms with Crippen LogP contribution < -0.4 is 20.1 Å². The van der Waals surface area contributed by atoms with E-state index < -0.39 is 11.8 Å². The van der Waals surface area contributed by atoms with E-state index >= 15 is 0 Å². The second-order valence-electron chi connectivity index (χ2n) is 5.71. The molecule has 7 heteroatoms. The minimum absolute atomic E-state index is 0.0394. The summed E-state index contributed by atoms with van der Waals surface area (Å²) in [4.78, 5) is 28.1. The van der Waals surface area contributed by atoms with Gasteiger partial charge in [-0.15, -0.1) is 0 Å². The lowest BCUT2D eigenvalue weighted by atomic mass is 10.1. The Morgan fingerprint density at radius 2 is 1.84 bits per heavy atom. The molecule has 2 N–H and O–H groups in total. The highest BCUT2D eigenvalue weighted by Gasteiger charge is 2.40. The summed E-state index contributed by atoms with van der Waals surface area (Å²) in [6, 6.07) is 10.9. The zero-order chi connectivity index (χ0) is 17.8. The van der Waals surface area contributed by atoms with Gasteiger partial charge in [0.2, 0.25) is 5.88 Å². The number of nitrogens with zero attached hydrogens (tertiary/aromatic N) is 1. The zero-order valence-corrected chi connectivity index (χ0v) is 14.0. The average Bonchev–Trinajstić information content (AvgIpc) is 3.41. The summed E-state index contributed by atoms with van der Waals surface area (Å²) in [5, 5.41) is 5.25. The first-order valence-electron chi connectivity index (χ1n) is 7.87. The van der Waals surface area contributed by atoms with Crippen molar-refractivity contribution in [1.82, 2.24) is 10.3 Å². The van der Waals surface area contributed by atoms with Gasteiger partial charge in [0, 0.05) is 18.2 Å². The minimum Gasteiger partial charge on any atom is -0.497 e. The van der Waals surface area contributed by atoms with Gasteiger partial charge in [-0.05, 0) is 36.2 Å². The molecular weight excluding hydrogens is 322 g/mol. The minimum atomic E-state index is -0.744. The van der Waals surface area contributed by atoms with Gasteiger partial charge < -0.3 is 20.1 Å². The van der Waals surface area contributed by atoms with Crippen molar-refractivity contribution in [2.24, 2.45) is 0 Å². The van der Waals surface area contributed by atoms with E-state index in [9.17, 15) is 9.59 Å². The number of aromatic nitrogens is 1. The molecule has 130 valence electrons. The maximum atomic E-state index is 12.1. The first-order chi connectivity index (χ1) is 12.1. The van der Waals surface area contributed by atoms with Crippen molar-refractivity contribution < 1.29 is 19.1 Å². The van der Waals surface area contributed by atoms with Crippen molar-refractivity contribution >= 4 is 17.5 Å². The molecule has 1 fully saturated rings. The number of amides is 2. The molecule has 1 aromatic heterocycles. The van der Waals surface area contributed by atoms with E-state index in [0.29, 0.717) is 5.69 Å². The van der Waals surface area contributed by atoms with Gasteiger partial charge in [0.1, 0.15) is 11.4 Å². The summed E-state index contributed by atoms with van der Waals surface area (Å²) >= 11 is 0. The van der Waals surface area contributed by atoms with Crippen LogP contribution in [0.15, 0.2) is 42.6 Å². The van der Waals surface area contributed by atoms with E-state index in [2.05, 4.69) is 15.6 Å². The number of methoxy groups -OCH3 is 2. The summed E-state index contributed by atoms with van der Waals surface area (Å²) in [5.41, 5.74) is 1.47. The van der Waals surface area contributed by atoms with Crippen molar-refractivity contribution in [2.75, 3.05) is 19.5 Å². The van der Waals surface area contributed by atoms with E-state index in [1.54, 1.807) is 19.2 Å². The molecule has 1 aliphatic rings. The van der Waals surface area contributed by atoms with Crippen LogP contribution in [0.5, 0.6) is 11.6 Å². The predicted molar refractivity (Wildman–Crippen MR) is 91.7 cm³/mol. The Balaban J connectivity index is 1.55. The van der Waals surface area contributed by atoms with Crippen molar-refractivity contribution in [3.8, 4) is 11.6 Å². The largest absolute Gasteiger partial charge is 0.497 e. The summed E-state index contributed by atoms with van der Waals surface area (Å²) in [5.74, 6) is -0.157. The third kappa shape index (κ3) is 3.88. The lowest BCUT2D eigenvalue weighted by Gasteiger charge is -2.09. The average molecular weight is 341 g/mol. The monoisotopic (exact) mass is 341 g/mol. The van der Waals surface area contributed by atoms with Gasteiger partial charge in [-0.3, -0.25) is 9.59 Å². The Morgan fingerprint density at radius 3 is 2.52 bits per heavy atom. The Morgan fingerprint density at radius 1 is 1.08 bits per heavy atom. The number of benzene rings is 1. The van der Waals surface area contributed by atoms with E-state index in [-0.39, 0.29) is 17.8 Å².